The van der Waals surface area contributed by atoms with Crippen molar-refractivity contribution < 1.29 is 27.8 Å². The van der Waals surface area contributed by atoms with E-state index in [0.29, 0.717) is 6.54 Å². The maximum Gasteiger partial charge on any atom is 0.390 e. The molecule has 7 heteroatoms. The Morgan fingerprint density at radius 3 is 2.65 bits per heavy atom. The van der Waals surface area contributed by atoms with Crippen molar-refractivity contribution in [1.82, 2.24) is 4.90 Å². The highest BCUT2D eigenvalue weighted by atomic mass is 19.4. The number of nitrogens with zero attached hydrogens (tertiary/aromatic N) is 1. The average Bonchev–Trinajstić information content (AvgIpc) is 2.20. The second-order valence-corrected chi connectivity index (χ2v) is 4.48. The van der Waals surface area contributed by atoms with Crippen LogP contribution in [-0.4, -0.2) is 55.5 Å². The smallest absolute Gasteiger partial charge is 0.390 e. The molecule has 0 bridgehead atoms. The van der Waals surface area contributed by atoms with E-state index in [9.17, 15) is 23.1 Å². The Hall–Kier alpha value is -0.820. The number of hydrogen-bond acceptors (Lipinski definition) is 4. The first kappa shape index (κ1) is 14.2. The van der Waals surface area contributed by atoms with Crippen LogP contribution in [0, 0.1) is 5.41 Å². The number of esters is 1. The minimum Gasteiger partial charge on any atom is -0.468 e. The molecule has 1 rings (SSSR count). The van der Waals surface area contributed by atoms with E-state index in [-0.39, 0.29) is 13.0 Å². The molecule has 0 amide bonds. The van der Waals surface area contributed by atoms with Crippen molar-refractivity contribution in [2.45, 2.75) is 25.1 Å². The third-order valence-electron chi connectivity index (χ3n) is 3.08. The van der Waals surface area contributed by atoms with Crippen molar-refractivity contribution in [1.29, 1.82) is 0 Å². The number of aliphatic hydroxyl groups excluding tert-OH is 1. The van der Waals surface area contributed by atoms with Crippen LogP contribution in [0.15, 0.2) is 0 Å². The SMILES string of the molecule is COC(=O)C1(CC(F)(F)F)CN(C)CCC1O. The molecule has 1 aliphatic rings. The Morgan fingerprint density at radius 1 is 1.59 bits per heavy atom. The standard InChI is InChI=1S/C10H16F3NO3/c1-14-4-3-7(15)9(6-14,8(16)17-2)5-10(11,12)13/h7,15H,3-6H2,1-2H3. The number of methoxy groups -OCH3 is 1. The van der Waals surface area contributed by atoms with E-state index in [1.165, 1.54) is 0 Å². The van der Waals surface area contributed by atoms with Gasteiger partial charge in [0.15, 0.2) is 0 Å². The summed E-state index contributed by atoms with van der Waals surface area (Å²) in [7, 11) is 2.64. The van der Waals surface area contributed by atoms with Crippen LogP contribution in [-0.2, 0) is 9.53 Å². The molecular formula is C10H16F3NO3. The van der Waals surface area contributed by atoms with Gasteiger partial charge < -0.3 is 14.7 Å². The molecule has 1 heterocycles. The summed E-state index contributed by atoms with van der Waals surface area (Å²) >= 11 is 0. The highest BCUT2D eigenvalue weighted by Crippen LogP contribution is 2.41. The lowest BCUT2D eigenvalue weighted by Gasteiger charge is -2.43. The fourth-order valence-corrected chi connectivity index (χ4v) is 2.29. The molecule has 2 atom stereocenters. The van der Waals surface area contributed by atoms with Gasteiger partial charge in [-0.3, -0.25) is 4.79 Å². The molecule has 0 spiro atoms. The lowest BCUT2D eigenvalue weighted by molar-refractivity contribution is -0.202. The fourth-order valence-electron chi connectivity index (χ4n) is 2.29. The molecule has 0 aromatic heterocycles. The third kappa shape index (κ3) is 3.10. The van der Waals surface area contributed by atoms with Gasteiger partial charge in [-0.1, -0.05) is 0 Å². The molecule has 4 nitrogen and oxygen atoms in total. The van der Waals surface area contributed by atoms with Crippen molar-refractivity contribution in [2.75, 3.05) is 27.2 Å². The number of halogens is 3. The summed E-state index contributed by atoms with van der Waals surface area (Å²) in [5, 5.41) is 9.77. The van der Waals surface area contributed by atoms with Crippen LogP contribution >= 0.6 is 0 Å². The van der Waals surface area contributed by atoms with E-state index in [0.717, 1.165) is 7.11 Å². The molecule has 0 aromatic carbocycles. The van der Waals surface area contributed by atoms with Gasteiger partial charge in [0, 0.05) is 13.1 Å². The second-order valence-electron chi connectivity index (χ2n) is 4.48. The number of likely N-dealkylation sites (tertiary alicyclic amines) is 1. The lowest BCUT2D eigenvalue weighted by Crippen LogP contribution is -2.57. The van der Waals surface area contributed by atoms with Crippen molar-refractivity contribution in [3.05, 3.63) is 0 Å². The highest BCUT2D eigenvalue weighted by molar-refractivity contribution is 5.78. The van der Waals surface area contributed by atoms with Crippen LogP contribution in [0.4, 0.5) is 13.2 Å². The van der Waals surface area contributed by atoms with Gasteiger partial charge in [-0.2, -0.15) is 13.2 Å². The van der Waals surface area contributed by atoms with Gasteiger partial charge in [-0.25, -0.2) is 0 Å². The summed E-state index contributed by atoms with van der Waals surface area (Å²) in [5.74, 6) is -1.01. The minimum absolute atomic E-state index is 0.127. The Bertz CT molecular complexity index is 295. The van der Waals surface area contributed by atoms with Crippen LogP contribution in [0.2, 0.25) is 0 Å². The zero-order chi connectivity index (χ0) is 13.3. The molecule has 1 saturated heterocycles. The first-order chi connectivity index (χ1) is 7.71. The van der Waals surface area contributed by atoms with Crippen LogP contribution < -0.4 is 0 Å². The highest BCUT2D eigenvalue weighted by Gasteiger charge is 2.55. The first-order valence-electron chi connectivity index (χ1n) is 5.23. The van der Waals surface area contributed by atoms with Crippen molar-refractivity contribution in [3.8, 4) is 0 Å². The Balaban J connectivity index is 3.03. The molecule has 0 aromatic rings. The van der Waals surface area contributed by atoms with E-state index in [1.54, 1.807) is 11.9 Å². The molecule has 1 N–H and O–H groups in total. The molecule has 1 aliphatic heterocycles. The number of ether oxygens (including phenoxy) is 1. The summed E-state index contributed by atoms with van der Waals surface area (Å²) < 4.78 is 42.1. The second kappa shape index (κ2) is 4.81. The summed E-state index contributed by atoms with van der Waals surface area (Å²) in [5.41, 5.74) is -1.90. The number of piperidine rings is 1. The number of aliphatic hydroxyl groups is 1. The minimum atomic E-state index is -4.52. The number of rotatable bonds is 2. The number of carbonyl (C=O) groups is 1. The Labute approximate surface area is 97.3 Å². The topological polar surface area (TPSA) is 49.8 Å². The van der Waals surface area contributed by atoms with E-state index < -0.39 is 30.1 Å². The summed E-state index contributed by atoms with van der Waals surface area (Å²) in [6, 6.07) is 0. The predicted octanol–water partition coefficient (Wildman–Crippen LogP) is 0.795. The molecule has 17 heavy (non-hydrogen) atoms. The average molecular weight is 255 g/mol. The Morgan fingerprint density at radius 2 is 2.18 bits per heavy atom. The zero-order valence-corrected chi connectivity index (χ0v) is 9.75. The van der Waals surface area contributed by atoms with E-state index in [4.69, 9.17) is 0 Å². The largest absolute Gasteiger partial charge is 0.468 e. The van der Waals surface area contributed by atoms with Gasteiger partial charge in [0.25, 0.3) is 0 Å². The quantitative estimate of drug-likeness (QED) is 0.741. The van der Waals surface area contributed by atoms with Crippen LogP contribution in [0.3, 0.4) is 0 Å². The molecular weight excluding hydrogens is 239 g/mol. The van der Waals surface area contributed by atoms with Crippen molar-refractivity contribution >= 4 is 5.97 Å². The van der Waals surface area contributed by atoms with Crippen LogP contribution in [0.1, 0.15) is 12.8 Å². The van der Waals surface area contributed by atoms with E-state index >= 15 is 0 Å². The first-order valence-corrected chi connectivity index (χ1v) is 5.23. The molecule has 100 valence electrons. The maximum atomic E-state index is 12.5. The van der Waals surface area contributed by atoms with Crippen molar-refractivity contribution in [2.24, 2.45) is 5.41 Å². The third-order valence-corrected chi connectivity index (χ3v) is 3.08. The predicted molar refractivity (Wildman–Crippen MR) is 53.2 cm³/mol. The van der Waals surface area contributed by atoms with Gasteiger partial charge in [-0.05, 0) is 13.5 Å². The molecule has 0 saturated carbocycles. The molecule has 0 aliphatic carbocycles. The maximum absolute atomic E-state index is 12.5. The van der Waals surface area contributed by atoms with Crippen LogP contribution in [0.25, 0.3) is 0 Å². The van der Waals surface area contributed by atoms with E-state index in [1.807, 2.05) is 0 Å². The Kier molecular flexibility index (Phi) is 4.03. The monoisotopic (exact) mass is 255 g/mol. The molecule has 1 fully saturated rings. The summed E-state index contributed by atoms with van der Waals surface area (Å²) in [4.78, 5) is 13.2. The van der Waals surface area contributed by atoms with Gasteiger partial charge in [0.2, 0.25) is 0 Å². The number of alkyl halides is 3. The molecule has 0 radical (unpaired) electrons. The summed E-state index contributed by atoms with van der Waals surface area (Å²) in [6.07, 6.45) is -7.08. The lowest BCUT2D eigenvalue weighted by atomic mass is 9.74. The number of carbonyl (C=O) groups excluding carboxylic acids is 1. The molecule has 2 unspecified atom stereocenters. The number of hydrogen-bond donors (Lipinski definition) is 1. The van der Waals surface area contributed by atoms with Crippen molar-refractivity contribution in [3.63, 3.8) is 0 Å². The van der Waals surface area contributed by atoms with E-state index in [2.05, 4.69) is 4.74 Å². The van der Waals surface area contributed by atoms with Gasteiger partial charge in [0.05, 0.1) is 19.6 Å². The van der Waals surface area contributed by atoms with Gasteiger partial charge in [-0.15, -0.1) is 0 Å². The van der Waals surface area contributed by atoms with Gasteiger partial charge in [0.1, 0.15) is 5.41 Å². The zero-order valence-electron chi connectivity index (χ0n) is 9.75. The summed E-state index contributed by atoms with van der Waals surface area (Å²) in [6.45, 7) is 0.304. The van der Waals surface area contributed by atoms with Gasteiger partial charge >= 0.3 is 12.1 Å². The normalized spacial score (nSPS) is 31.3. The van der Waals surface area contributed by atoms with Crippen LogP contribution in [0.5, 0.6) is 0 Å². The fraction of sp³-hybridized carbons (Fsp3) is 0.900.